The van der Waals surface area contributed by atoms with Gasteiger partial charge in [0.1, 0.15) is 0 Å². The van der Waals surface area contributed by atoms with Crippen molar-refractivity contribution in [3.63, 3.8) is 0 Å². The molecule has 1 aliphatic heterocycles. The maximum Gasteiger partial charge on any atom is 0.219 e. The van der Waals surface area contributed by atoms with E-state index in [1.54, 1.807) is 0 Å². The molecule has 1 heterocycles. The van der Waals surface area contributed by atoms with E-state index in [1.807, 2.05) is 6.92 Å². The molecule has 0 spiro atoms. The molecule has 4 heteroatoms. The number of ether oxygens (including phenoxy) is 1. The lowest BCUT2D eigenvalue weighted by Crippen LogP contribution is -2.31. The zero-order chi connectivity index (χ0) is 10.9. The monoisotopic (exact) mass is 214 g/mol. The Bertz CT molecular complexity index is 177. The van der Waals surface area contributed by atoms with Crippen molar-refractivity contribution in [3.8, 4) is 0 Å². The van der Waals surface area contributed by atoms with E-state index < -0.39 is 0 Å². The number of hydrogen-bond acceptors (Lipinski definition) is 3. The summed E-state index contributed by atoms with van der Waals surface area (Å²) in [6.07, 6.45) is 2.74. The van der Waals surface area contributed by atoms with Gasteiger partial charge in [0.25, 0.3) is 0 Å². The third-order valence-electron chi connectivity index (χ3n) is 2.61. The largest absolute Gasteiger partial charge is 0.380 e. The van der Waals surface area contributed by atoms with Gasteiger partial charge in [0, 0.05) is 32.7 Å². The Kier molecular flexibility index (Phi) is 6.36. The lowest BCUT2D eigenvalue weighted by Gasteiger charge is -2.18. The highest BCUT2D eigenvalue weighted by molar-refractivity contribution is 5.75. The summed E-state index contributed by atoms with van der Waals surface area (Å²) in [6, 6.07) is 0. The average molecular weight is 214 g/mol. The molecular formula is C11H22N2O2. The minimum absolute atomic E-state index is 0.147. The van der Waals surface area contributed by atoms with Crippen LogP contribution in [-0.4, -0.2) is 50.2 Å². The van der Waals surface area contributed by atoms with E-state index in [1.165, 1.54) is 0 Å². The van der Waals surface area contributed by atoms with Gasteiger partial charge in [-0.15, -0.1) is 0 Å². The summed E-state index contributed by atoms with van der Waals surface area (Å²) in [4.78, 5) is 13.4. The predicted octanol–water partition coefficient (Wildman–Crippen LogP) is 0.625. The molecule has 0 bridgehead atoms. The quantitative estimate of drug-likeness (QED) is 0.682. The predicted molar refractivity (Wildman–Crippen MR) is 59.8 cm³/mol. The molecule has 0 aromatic rings. The van der Waals surface area contributed by atoms with Gasteiger partial charge in [0.2, 0.25) is 5.91 Å². The first-order chi connectivity index (χ1) is 7.33. The van der Waals surface area contributed by atoms with Crippen LogP contribution in [0.1, 0.15) is 26.2 Å². The number of carbonyl (C=O) groups is 1. The molecule has 1 saturated heterocycles. The molecule has 88 valence electrons. The van der Waals surface area contributed by atoms with Gasteiger partial charge in [-0.3, -0.25) is 4.79 Å². The number of nitrogens with one attached hydrogen (secondary N) is 1. The topological polar surface area (TPSA) is 41.6 Å². The van der Waals surface area contributed by atoms with Crippen molar-refractivity contribution in [1.82, 2.24) is 10.2 Å². The molecule has 0 radical (unpaired) electrons. The maximum absolute atomic E-state index is 11.0. The third kappa shape index (κ3) is 5.74. The third-order valence-corrected chi connectivity index (χ3v) is 2.61. The van der Waals surface area contributed by atoms with Crippen molar-refractivity contribution in [2.45, 2.75) is 26.2 Å². The molecule has 1 N–H and O–H groups in total. The highest BCUT2D eigenvalue weighted by Crippen LogP contribution is 1.99. The van der Waals surface area contributed by atoms with Crippen LogP contribution < -0.4 is 5.32 Å². The average Bonchev–Trinajstić information content (AvgIpc) is 2.52. The Labute approximate surface area is 92.0 Å². The normalized spacial score (nSPS) is 18.5. The van der Waals surface area contributed by atoms with Gasteiger partial charge < -0.3 is 15.0 Å². The van der Waals surface area contributed by atoms with Gasteiger partial charge in [-0.1, -0.05) is 6.92 Å². The van der Waals surface area contributed by atoms with Crippen LogP contribution in [0.2, 0.25) is 0 Å². The molecule has 0 saturated carbocycles. The van der Waals surface area contributed by atoms with E-state index in [9.17, 15) is 4.79 Å². The number of amides is 1. The van der Waals surface area contributed by atoms with E-state index in [0.29, 0.717) is 6.42 Å². The highest BCUT2D eigenvalue weighted by atomic mass is 16.5. The molecule has 15 heavy (non-hydrogen) atoms. The lowest BCUT2D eigenvalue weighted by atomic mass is 10.3. The molecular weight excluding hydrogens is 192 g/mol. The molecule has 4 nitrogen and oxygen atoms in total. The fourth-order valence-corrected chi connectivity index (χ4v) is 1.68. The first kappa shape index (κ1) is 12.5. The summed E-state index contributed by atoms with van der Waals surface area (Å²) in [5.41, 5.74) is 0. The van der Waals surface area contributed by atoms with Gasteiger partial charge in [-0.2, -0.15) is 0 Å². The smallest absolute Gasteiger partial charge is 0.219 e. The Hall–Kier alpha value is -0.610. The van der Waals surface area contributed by atoms with Crippen LogP contribution in [0.4, 0.5) is 0 Å². The molecule has 1 aliphatic rings. The summed E-state index contributed by atoms with van der Waals surface area (Å²) in [5.74, 6) is 0.147. The van der Waals surface area contributed by atoms with Gasteiger partial charge in [0.15, 0.2) is 0 Å². The van der Waals surface area contributed by atoms with Crippen LogP contribution >= 0.6 is 0 Å². The van der Waals surface area contributed by atoms with Crippen LogP contribution in [0.5, 0.6) is 0 Å². The SMILES string of the molecule is CCC(=O)NCCCN1CCCOCC1. The molecule has 1 rings (SSSR count). The van der Waals surface area contributed by atoms with Crippen molar-refractivity contribution in [3.05, 3.63) is 0 Å². The summed E-state index contributed by atoms with van der Waals surface area (Å²) in [5, 5.41) is 2.89. The highest BCUT2D eigenvalue weighted by Gasteiger charge is 2.08. The van der Waals surface area contributed by atoms with Crippen LogP contribution in [0, 0.1) is 0 Å². The zero-order valence-corrected chi connectivity index (χ0v) is 9.63. The molecule has 1 fully saturated rings. The Morgan fingerprint density at radius 3 is 3.07 bits per heavy atom. The summed E-state index contributed by atoms with van der Waals surface area (Å²) >= 11 is 0. The standard InChI is InChI=1S/C11H22N2O2/c1-2-11(14)12-5-3-6-13-7-4-9-15-10-8-13/h2-10H2,1H3,(H,12,14). The number of nitrogens with zero attached hydrogens (tertiary/aromatic N) is 1. The van der Waals surface area contributed by atoms with Crippen molar-refractivity contribution in [2.24, 2.45) is 0 Å². The van der Waals surface area contributed by atoms with E-state index in [0.717, 1.165) is 52.2 Å². The first-order valence-corrected chi connectivity index (χ1v) is 5.89. The Balaban J connectivity index is 2.00. The van der Waals surface area contributed by atoms with Crippen molar-refractivity contribution in [2.75, 3.05) is 39.4 Å². The van der Waals surface area contributed by atoms with E-state index in [2.05, 4.69) is 10.2 Å². The zero-order valence-electron chi connectivity index (χ0n) is 9.63. The van der Waals surface area contributed by atoms with Gasteiger partial charge in [-0.25, -0.2) is 0 Å². The van der Waals surface area contributed by atoms with Gasteiger partial charge >= 0.3 is 0 Å². The Morgan fingerprint density at radius 1 is 1.40 bits per heavy atom. The fraction of sp³-hybridized carbons (Fsp3) is 0.909. The second-order valence-electron chi connectivity index (χ2n) is 3.86. The van der Waals surface area contributed by atoms with E-state index in [-0.39, 0.29) is 5.91 Å². The Morgan fingerprint density at radius 2 is 2.27 bits per heavy atom. The minimum atomic E-state index is 0.147. The van der Waals surface area contributed by atoms with Crippen LogP contribution in [0.3, 0.4) is 0 Å². The number of hydrogen-bond donors (Lipinski definition) is 1. The minimum Gasteiger partial charge on any atom is -0.380 e. The maximum atomic E-state index is 11.0. The van der Waals surface area contributed by atoms with Crippen LogP contribution in [0.15, 0.2) is 0 Å². The second kappa shape index (κ2) is 7.65. The van der Waals surface area contributed by atoms with E-state index >= 15 is 0 Å². The van der Waals surface area contributed by atoms with Crippen molar-refractivity contribution >= 4 is 5.91 Å². The van der Waals surface area contributed by atoms with Gasteiger partial charge in [-0.05, 0) is 19.4 Å². The van der Waals surface area contributed by atoms with E-state index in [4.69, 9.17) is 4.74 Å². The number of carbonyl (C=O) groups excluding carboxylic acids is 1. The van der Waals surface area contributed by atoms with Gasteiger partial charge in [0.05, 0.1) is 6.61 Å². The second-order valence-corrected chi connectivity index (χ2v) is 3.86. The lowest BCUT2D eigenvalue weighted by molar-refractivity contribution is -0.120. The summed E-state index contributed by atoms with van der Waals surface area (Å²) in [7, 11) is 0. The van der Waals surface area contributed by atoms with Crippen molar-refractivity contribution < 1.29 is 9.53 Å². The summed E-state index contributed by atoms with van der Waals surface area (Å²) in [6.45, 7) is 7.63. The van der Waals surface area contributed by atoms with Crippen molar-refractivity contribution in [1.29, 1.82) is 0 Å². The molecule has 0 aliphatic carbocycles. The number of rotatable bonds is 5. The first-order valence-electron chi connectivity index (χ1n) is 5.89. The van der Waals surface area contributed by atoms with Crippen LogP contribution in [0.25, 0.3) is 0 Å². The summed E-state index contributed by atoms with van der Waals surface area (Å²) < 4.78 is 5.38. The molecule has 0 atom stereocenters. The molecule has 0 aromatic carbocycles. The van der Waals surface area contributed by atoms with Crippen LogP contribution in [-0.2, 0) is 9.53 Å². The molecule has 0 aromatic heterocycles. The molecule has 1 amide bonds. The fourth-order valence-electron chi connectivity index (χ4n) is 1.68. The molecule has 0 unspecified atom stereocenters.